The summed E-state index contributed by atoms with van der Waals surface area (Å²) < 4.78 is 0.661. The van der Waals surface area contributed by atoms with E-state index in [0.717, 1.165) is 0 Å². The van der Waals surface area contributed by atoms with Gasteiger partial charge in [-0.2, -0.15) is 0 Å². The number of carbonyl (C=O) groups excluding carboxylic acids is 1. The van der Waals surface area contributed by atoms with Crippen LogP contribution in [-0.4, -0.2) is 12.2 Å². The van der Waals surface area contributed by atoms with Crippen LogP contribution < -0.4 is 0 Å². The maximum atomic E-state index is 10.9. The summed E-state index contributed by atoms with van der Waals surface area (Å²) in [5.74, 6) is -0.257. The number of carbonyl (C=O) groups is 1. The Balaban J connectivity index is 1.46. The Morgan fingerprint density at radius 2 is 1.65 bits per heavy atom. The average molecular weight is 271 g/mol. The monoisotopic (exact) mass is 271 g/mol. The molecule has 3 nitrogen and oxygen atoms in total. The molecule has 10 saturated heterocycles. The van der Waals surface area contributed by atoms with E-state index in [0.29, 0.717) is 4.31 Å². The minimum atomic E-state index is -2.96. The van der Waals surface area contributed by atoms with Gasteiger partial charge >= 0.3 is 88.1 Å². The first-order valence-electron chi connectivity index (χ1n) is 6.90. The summed E-state index contributed by atoms with van der Waals surface area (Å²) in [7, 11) is 0. The van der Waals surface area contributed by atoms with Crippen molar-refractivity contribution >= 4 is 12.2 Å². The molecule has 0 saturated carbocycles. The maximum absolute atomic E-state index is 10.9. The van der Waals surface area contributed by atoms with Gasteiger partial charge in [0.25, 0.3) is 0 Å². The first-order valence-corrected chi connectivity index (χ1v) is 13.2. The predicted molar refractivity (Wildman–Crippen MR) is 56.7 cm³/mol. The van der Waals surface area contributed by atoms with Crippen molar-refractivity contribution in [3.8, 4) is 0 Å². The van der Waals surface area contributed by atoms with E-state index in [4.69, 9.17) is 4.84 Å². The molecule has 4 atom stereocenters. The van der Waals surface area contributed by atoms with E-state index in [1.165, 1.54) is 50.3 Å². The Labute approximate surface area is 88.2 Å². The molecule has 90 valence electrons. The normalized spacial score (nSPS) is 119. The Morgan fingerprint density at radius 1 is 1.12 bits per heavy atom. The van der Waals surface area contributed by atoms with E-state index >= 15 is 0 Å². The SMILES string of the molecule is CC(=O)ON=C[C]12[CH]3[CH]4[CH]5[CH]1[Fe]45321678[CH]2[CH]1[CH]6[CH]7[CH]28. The van der Waals surface area contributed by atoms with E-state index < -0.39 is 6.51 Å². The summed E-state index contributed by atoms with van der Waals surface area (Å²) in [6.45, 7) is -1.50. The van der Waals surface area contributed by atoms with E-state index in [9.17, 15) is 4.79 Å². The quantitative estimate of drug-likeness (QED) is 0.334. The van der Waals surface area contributed by atoms with Crippen molar-refractivity contribution in [3.63, 3.8) is 0 Å². The van der Waals surface area contributed by atoms with E-state index in [2.05, 4.69) is 11.4 Å². The molecule has 10 aliphatic rings. The minimum absolute atomic E-state index is 0.257. The molecule has 10 fully saturated rings. The number of nitrogens with zero attached hydrogens (tertiary/aromatic N) is 1. The second-order valence-electron chi connectivity index (χ2n) is 10.6. The number of fused-ring (bicyclic) bond motifs is 10. The first kappa shape index (κ1) is 6.20. The van der Waals surface area contributed by atoms with E-state index in [1.54, 1.807) is 0 Å². The van der Waals surface area contributed by atoms with Crippen LogP contribution in [0.2, 0.25) is 47.7 Å². The first-order chi connectivity index (χ1) is 7.96. The molecule has 0 amide bonds. The van der Waals surface area contributed by atoms with Crippen LogP contribution in [0.5, 0.6) is 0 Å². The fourth-order valence-corrected chi connectivity index (χ4v) is 90.4. The average Bonchev–Trinajstić information content (AvgIpc) is 3.24. The molecule has 0 aromatic carbocycles. The van der Waals surface area contributed by atoms with Gasteiger partial charge in [-0.05, 0) is 0 Å². The zero-order chi connectivity index (χ0) is 10.7. The molecular formula is C13H13FeNO2. The Hall–Kier alpha value is -0.341. The van der Waals surface area contributed by atoms with Crippen molar-refractivity contribution in [2.24, 2.45) is 5.16 Å². The van der Waals surface area contributed by atoms with Gasteiger partial charge in [0.05, 0.1) is 0 Å². The van der Waals surface area contributed by atoms with Crippen molar-refractivity contribution in [2.75, 3.05) is 0 Å². The third-order valence-corrected chi connectivity index (χ3v) is 57.7. The molecule has 0 aromatic heterocycles. The fourth-order valence-electron chi connectivity index (χ4n) is 16.9. The number of hydrogen-bond donors (Lipinski definition) is 0. The third-order valence-electron chi connectivity index (χ3n) is 15.2. The molecule has 0 bridgehead atoms. The predicted octanol–water partition coefficient (Wildman–Crippen LogP) is 3.29. The van der Waals surface area contributed by atoms with E-state index in [-0.39, 0.29) is 5.97 Å². The van der Waals surface area contributed by atoms with Crippen LogP contribution in [0.15, 0.2) is 5.16 Å². The molecule has 17 heavy (non-hydrogen) atoms. The van der Waals surface area contributed by atoms with E-state index in [1.807, 2.05) is 0 Å². The Morgan fingerprint density at radius 3 is 1.94 bits per heavy atom. The molecule has 1 spiro atoms. The van der Waals surface area contributed by atoms with Crippen molar-refractivity contribution in [1.29, 1.82) is 0 Å². The number of rotatable bonds is 2. The van der Waals surface area contributed by atoms with Crippen LogP contribution in [0, 0.1) is 0 Å². The van der Waals surface area contributed by atoms with Crippen LogP contribution in [0.3, 0.4) is 0 Å². The number of oxime groups is 1. The summed E-state index contributed by atoms with van der Waals surface area (Å²) in [5.41, 5.74) is 0. The van der Waals surface area contributed by atoms with Crippen molar-refractivity contribution < 1.29 is 16.1 Å². The zero-order valence-corrected chi connectivity index (χ0v) is 10.5. The topological polar surface area (TPSA) is 38.7 Å². The molecule has 0 radical (unpaired) electrons. The molecule has 10 rings (SSSR count). The standard InChI is InChI=1S/C8H8NO2.C5H5.Fe/c1-7(10)11-9-6-8-4-2-3-5-8;1-2-4-5-3-1;/h2-6H,1H3;1-5H;. The van der Waals surface area contributed by atoms with Gasteiger partial charge < -0.3 is 0 Å². The van der Waals surface area contributed by atoms with Crippen LogP contribution in [-0.2, 0) is 16.1 Å². The van der Waals surface area contributed by atoms with Gasteiger partial charge in [0.2, 0.25) is 0 Å². The molecule has 4 heteroatoms. The van der Waals surface area contributed by atoms with Crippen LogP contribution in [0.4, 0.5) is 0 Å². The van der Waals surface area contributed by atoms with Crippen molar-refractivity contribution in [3.05, 3.63) is 0 Å². The molecule has 0 aliphatic carbocycles. The van der Waals surface area contributed by atoms with Gasteiger partial charge in [0, 0.05) is 0 Å². The second-order valence-corrected chi connectivity index (χ2v) is 34.2. The molecule has 10 aliphatic heterocycles. The fraction of sp³-hybridized carbons (Fsp3) is 0.846. The van der Waals surface area contributed by atoms with Gasteiger partial charge in [0.1, 0.15) is 0 Å². The van der Waals surface area contributed by atoms with Gasteiger partial charge in [-0.1, -0.05) is 0 Å². The molecule has 0 aromatic rings. The van der Waals surface area contributed by atoms with Crippen LogP contribution in [0.25, 0.3) is 0 Å². The summed E-state index contributed by atoms with van der Waals surface area (Å²) in [4.78, 5) is 27.5. The number of hydrogen-bond acceptors (Lipinski definition) is 3. The molecular weight excluding hydrogens is 258 g/mol. The van der Waals surface area contributed by atoms with Crippen LogP contribution in [0.1, 0.15) is 6.92 Å². The summed E-state index contributed by atoms with van der Waals surface area (Å²) in [6.07, 6.45) is 2.22. The summed E-state index contributed by atoms with van der Waals surface area (Å²) >= 11 is 0. The van der Waals surface area contributed by atoms with Gasteiger partial charge in [-0.3, -0.25) is 0 Å². The van der Waals surface area contributed by atoms with Crippen molar-refractivity contribution in [1.82, 2.24) is 0 Å². The Kier molecular flexibility index (Phi) is 0.175. The second kappa shape index (κ2) is 0.481. The third kappa shape index (κ3) is 0.0606. The summed E-state index contributed by atoms with van der Waals surface area (Å²) in [5, 5.41) is 4.12. The van der Waals surface area contributed by atoms with Crippen molar-refractivity contribution in [2.45, 2.75) is 54.6 Å². The Bertz CT molecular complexity index is 944. The van der Waals surface area contributed by atoms with Gasteiger partial charge in [-0.25, -0.2) is 0 Å². The molecule has 0 N–H and O–H groups in total. The summed E-state index contributed by atoms with van der Waals surface area (Å²) in [6, 6.07) is 0. The van der Waals surface area contributed by atoms with Crippen LogP contribution >= 0.6 is 0 Å². The van der Waals surface area contributed by atoms with Gasteiger partial charge in [-0.15, -0.1) is 0 Å². The molecule has 10 heterocycles. The van der Waals surface area contributed by atoms with Gasteiger partial charge in [0.15, 0.2) is 0 Å². The molecule has 4 unspecified atom stereocenters. The zero-order valence-electron chi connectivity index (χ0n) is 9.39.